The normalized spacial score (nSPS) is 41.2. The zero-order valence-corrected chi connectivity index (χ0v) is 13.6. The molecule has 6 heteroatoms. The summed E-state index contributed by atoms with van der Waals surface area (Å²) in [6.45, 7) is 5.50. The van der Waals surface area contributed by atoms with Gasteiger partial charge in [0.1, 0.15) is 11.5 Å². The molecule has 1 amide bonds. The molecule has 0 aromatic heterocycles. The Bertz CT molecular complexity index is 553. The quantitative estimate of drug-likeness (QED) is 0.568. The first-order valence-corrected chi connectivity index (χ1v) is 8.48. The molecule has 0 aliphatic carbocycles. The summed E-state index contributed by atoms with van der Waals surface area (Å²) in [5.41, 5.74) is -0.652. The van der Waals surface area contributed by atoms with E-state index in [4.69, 9.17) is 14.2 Å². The number of hydrogen-bond donors (Lipinski definition) is 0. The zero-order chi connectivity index (χ0) is 16.2. The minimum atomic E-state index is -0.652. The molecule has 3 saturated heterocycles. The van der Waals surface area contributed by atoms with Gasteiger partial charge < -0.3 is 19.1 Å². The van der Waals surface area contributed by atoms with Crippen LogP contribution in [0.4, 0.5) is 0 Å². The molecule has 6 nitrogen and oxygen atoms in total. The molecule has 23 heavy (non-hydrogen) atoms. The predicted octanol–water partition coefficient (Wildman–Crippen LogP) is 0.899. The van der Waals surface area contributed by atoms with Crippen molar-refractivity contribution in [2.75, 3.05) is 19.7 Å². The monoisotopic (exact) mass is 321 g/mol. The molecule has 3 fully saturated rings. The minimum absolute atomic E-state index is 0.00180. The van der Waals surface area contributed by atoms with Crippen molar-refractivity contribution in [2.45, 2.75) is 50.6 Å². The maximum absolute atomic E-state index is 12.9. The van der Waals surface area contributed by atoms with E-state index in [-0.39, 0.29) is 30.2 Å². The lowest BCUT2D eigenvalue weighted by Crippen LogP contribution is -2.41. The largest absolute Gasteiger partial charge is 0.463 e. The number of fused-ring (bicyclic) bond motifs is 1. The third kappa shape index (κ3) is 2.31. The van der Waals surface area contributed by atoms with Gasteiger partial charge in [-0.2, -0.15) is 0 Å². The highest BCUT2D eigenvalue weighted by atomic mass is 16.6. The van der Waals surface area contributed by atoms with Crippen LogP contribution in [-0.2, 0) is 23.8 Å². The number of nitrogens with zero attached hydrogens (tertiary/aromatic N) is 1. The van der Waals surface area contributed by atoms with Gasteiger partial charge in [0.2, 0.25) is 5.91 Å². The Morgan fingerprint density at radius 1 is 1.52 bits per heavy atom. The molecule has 0 radical (unpaired) electrons. The summed E-state index contributed by atoms with van der Waals surface area (Å²) in [5, 5.41) is 0. The number of ether oxygens (including phenoxy) is 3. The lowest BCUT2D eigenvalue weighted by atomic mass is 9.77. The molecule has 126 valence electrons. The third-order valence-corrected chi connectivity index (χ3v) is 5.25. The molecule has 1 spiro atoms. The van der Waals surface area contributed by atoms with Gasteiger partial charge >= 0.3 is 5.97 Å². The minimum Gasteiger partial charge on any atom is -0.463 e. The average Bonchev–Trinajstić information content (AvgIpc) is 3.21. The lowest BCUT2D eigenvalue weighted by molar-refractivity contribution is -0.157. The second kappa shape index (κ2) is 5.31. The van der Waals surface area contributed by atoms with Crippen molar-refractivity contribution >= 4 is 11.9 Å². The van der Waals surface area contributed by atoms with Crippen molar-refractivity contribution in [3.05, 3.63) is 12.2 Å². The number of rotatable bonds is 4. The van der Waals surface area contributed by atoms with E-state index in [1.54, 1.807) is 0 Å². The molecule has 0 unspecified atom stereocenters. The second-order valence-electron chi connectivity index (χ2n) is 7.24. The number of carbonyl (C=O) groups is 2. The van der Waals surface area contributed by atoms with Crippen LogP contribution in [-0.4, -0.2) is 60.4 Å². The van der Waals surface area contributed by atoms with Gasteiger partial charge in [-0.15, -0.1) is 0 Å². The van der Waals surface area contributed by atoms with E-state index >= 15 is 0 Å². The summed E-state index contributed by atoms with van der Waals surface area (Å²) < 4.78 is 17.1. The maximum Gasteiger partial charge on any atom is 0.313 e. The Kier molecular flexibility index (Phi) is 3.50. The maximum atomic E-state index is 12.9. The fourth-order valence-corrected chi connectivity index (χ4v) is 4.35. The Hall–Kier alpha value is -1.40. The molecule has 4 rings (SSSR count). The Morgan fingerprint density at radius 3 is 3.04 bits per heavy atom. The van der Waals surface area contributed by atoms with Crippen molar-refractivity contribution in [1.82, 2.24) is 4.90 Å². The number of hydrogen-bond acceptors (Lipinski definition) is 5. The van der Waals surface area contributed by atoms with Crippen molar-refractivity contribution in [2.24, 2.45) is 11.8 Å². The lowest BCUT2D eigenvalue weighted by Gasteiger charge is -2.24. The fraction of sp³-hybridized carbons (Fsp3) is 0.765. The molecule has 0 aromatic rings. The van der Waals surface area contributed by atoms with Gasteiger partial charge in [-0.25, -0.2) is 0 Å². The van der Waals surface area contributed by atoms with Gasteiger partial charge in [0, 0.05) is 13.2 Å². The van der Waals surface area contributed by atoms with Crippen LogP contribution in [0.1, 0.15) is 26.7 Å². The molecule has 0 aromatic carbocycles. The molecule has 0 saturated carbocycles. The molecule has 4 heterocycles. The van der Waals surface area contributed by atoms with Crippen LogP contribution in [0.3, 0.4) is 0 Å². The molecule has 2 bridgehead atoms. The Balaban J connectivity index is 1.54. The summed E-state index contributed by atoms with van der Waals surface area (Å²) in [7, 11) is 0. The number of likely N-dealkylation sites (tertiary alicyclic amines) is 1. The SMILES string of the molecule is CC(C)OC(=O)[C@@H]1[C@H]2C(=O)N(C[C@@H]3CCCO3)C[C@]23C=C[C@H]1O3. The fourth-order valence-electron chi connectivity index (χ4n) is 4.35. The smallest absolute Gasteiger partial charge is 0.313 e. The van der Waals surface area contributed by atoms with Crippen LogP contribution >= 0.6 is 0 Å². The van der Waals surface area contributed by atoms with E-state index in [9.17, 15) is 9.59 Å². The zero-order valence-electron chi connectivity index (χ0n) is 13.6. The summed E-state index contributed by atoms with van der Waals surface area (Å²) >= 11 is 0. The second-order valence-corrected chi connectivity index (χ2v) is 7.24. The van der Waals surface area contributed by atoms with Crippen molar-refractivity contribution in [3.63, 3.8) is 0 Å². The topological polar surface area (TPSA) is 65.1 Å². The molecular formula is C17H23NO5. The summed E-state index contributed by atoms with van der Waals surface area (Å²) in [4.78, 5) is 27.2. The van der Waals surface area contributed by atoms with Crippen molar-refractivity contribution in [3.8, 4) is 0 Å². The molecule has 5 atom stereocenters. The molecular weight excluding hydrogens is 298 g/mol. The van der Waals surface area contributed by atoms with Crippen LogP contribution in [0, 0.1) is 11.8 Å². The van der Waals surface area contributed by atoms with Gasteiger partial charge in [-0.1, -0.05) is 12.2 Å². The van der Waals surface area contributed by atoms with Crippen LogP contribution in [0.15, 0.2) is 12.2 Å². The molecule has 4 aliphatic rings. The number of amides is 1. The van der Waals surface area contributed by atoms with Gasteiger partial charge in [0.15, 0.2) is 0 Å². The first kappa shape index (κ1) is 15.1. The summed E-state index contributed by atoms with van der Waals surface area (Å²) in [6.07, 6.45) is 5.49. The van der Waals surface area contributed by atoms with E-state index in [2.05, 4.69) is 0 Å². The third-order valence-electron chi connectivity index (χ3n) is 5.25. The number of esters is 1. The summed E-state index contributed by atoms with van der Waals surface area (Å²) in [5.74, 6) is -1.30. The van der Waals surface area contributed by atoms with E-state index in [0.717, 1.165) is 19.4 Å². The van der Waals surface area contributed by atoms with Crippen molar-refractivity contribution in [1.29, 1.82) is 0 Å². The van der Waals surface area contributed by atoms with E-state index in [1.807, 2.05) is 30.9 Å². The Morgan fingerprint density at radius 2 is 2.35 bits per heavy atom. The highest BCUT2D eigenvalue weighted by Crippen LogP contribution is 2.52. The van der Waals surface area contributed by atoms with Crippen LogP contribution < -0.4 is 0 Å². The standard InChI is InChI=1S/C17H23NO5/c1-10(2)22-16(20)13-12-5-6-17(23-12)9-18(15(19)14(13)17)8-11-4-3-7-21-11/h5-6,10-14H,3-4,7-9H2,1-2H3/t11-,12+,13-,14-,17+/m0/s1. The van der Waals surface area contributed by atoms with Crippen molar-refractivity contribution < 1.29 is 23.8 Å². The summed E-state index contributed by atoms with van der Waals surface area (Å²) in [6, 6.07) is 0. The van der Waals surface area contributed by atoms with E-state index < -0.39 is 17.4 Å². The first-order valence-electron chi connectivity index (χ1n) is 8.48. The highest BCUT2D eigenvalue weighted by Gasteiger charge is 2.67. The van der Waals surface area contributed by atoms with Gasteiger partial charge in [0.25, 0.3) is 0 Å². The predicted molar refractivity (Wildman–Crippen MR) is 80.5 cm³/mol. The van der Waals surface area contributed by atoms with Gasteiger partial charge in [0.05, 0.1) is 30.8 Å². The molecule has 0 N–H and O–H groups in total. The highest BCUT2D eigenvalue weighted by molar-refractivity contribution is 5.91. The van der Waals surface area contributed by atoms with Crippen LogP contribution in [0.5, 0.6) is 0 Å². The van der Waals surface area contributed by atoms with Crippen LogP contribution in [0.2, 0.25) is 0 Å². The van der Waals surface area contributed by atoms with Crippen LogP contribution in [0.25, 0.3) is 0 Å². The van der Waals surface area contributed by atoms with E-state index in [1.165, 1.54) is 0 Å². The Labute approximate surface area is 135 Å². The molecule has 4 aliphatic heterocycles. The number of carbonyl (C=O) groups excluding carboxylic acids is 2. The van der Waals surface area contributed by atoms with Gasteiger partial charge in [-0.05, 0) is 26.7 Å². The average molecular weight is 321 g/mol. The van der Waals surface area contributed by atoms with E-state index in [0.29, 0.717) is 13.1 Å². The van der Waals surface area contributed by atoms with Gasteiger partial charge in [-0.3, -0.25) is 9.59 Å². The first-order chi connectivity index (χ1) is 11.0.